The summed E-state index contributed by atoms with van der Waals surface area (Å²) in [5, 5.41) is 4.67. The van der Waals surface area contributed by atoms with Crippen molar-refractivity contribution >= 4 is 27.3 Å². The second-order valence-electron chi connectivity index (χ2n) is 3.06. The zero-order valence-electron chi connectivity index (χ0n) is 6.93. The number of aryl methyl sites for hydroxylation is 1. The van der Waals surface area contributed by atoms with E-state index < -0.39 is 0 Å². The topological polar surface area (TPSA) is 24.9 Å². The normalized spacial score (nSPS) is 23.3. The first-order chi connectivity index (χ1) is 5.77. The maximum atomic E-state index is 4.50. The summed E-state index contributed by atoms with van der Waals surface area (Å²) < 4.78 is 1.17. The Bertz CT molecular complexity index is 259. The quantitative estimate of drug-likeness (QED) is 0.825. The predicted molar refractivity (Wildman–Crippen MR) is 54.5 cm³/mol. The van der Waals surface area contributed by atoms with Crippen molar-refractivity contribution in [2.75, 3.05) is 6.54 Å². The van der Waals surface area contributed by atoms with Crippen LogP contribution in [0.4, 0.5) is 0 Å². The predicted octanol–water partition coefficient (Wildman–Crippen LogP) is 2.64. The first kappa shape index (κ1) is 8.66. The molecule has 2 rings (SSSR count). The molecule has 0 saturated carbocycles. The minimum absolute atomic E-state index is 0.514. The fourth-order valence-corrected chi connectivity index (χ4v) is 2.93. The lowest BCUT2D eigenvalue weighted by Gasteiger charge is -2.03. The van der Waals surface area contributed by atoms with E-state index in [9.17, 15) is 0 Å². The lowest BCUT2D eigenvalue weighted by Crippen LogP contribution is -2.12. The van der Waals surface area contributed by atoms with Gasteiger partial charge in [-0.3, -0.25) is 0 Å². The summed E-state index contributed by atoms with van der Waals surface area (Å²) in [6.07, 6.45) is 2.51. The number of nitrogens with one attached hydrogen (secondary N) is 1. The number of hydrogen-bond acceptors (Lipinski definition) is 3. The van der Waals surface area contributed by atoms with E-state index in [1.165, 1.54) is 21.6 Å². The SMILES string of the molecule is Cc1nc(C2CCCN2)sc1Br. The minimum Gasteiger partial charge on any atom is -0.308 e. The molecule has 0 bridgehead atoms. The Balaban J connectivity index is 2.21. The van der Waals surface area contributed by atoms with Crippen LogP contribution in [0.1, 0.15) is 29.6 Å². The zero-order valence-corrected chi connectivity index (χ0v) is 9.33. The van der Waals surface area contributed by atoms with Gasteiger partial charge in [0.25, 0.3) is 0 Å². The van der Waals surface area contributed by atoms with Gasteiger partial charge in [-0.05, 0) is 42.2 Å². The van der Waals surface area contributed by atoms with E-state index in [0.29, 0.717) is 6.04 Å². The summed E-state index contributed by atoms with van der Waals surface area (Å²) in [7, 11) is 0. The van der Waals surface area contributed by atoms with Gasteiger partial charge in [0.15, 0.2) is 0 Å². The van der Waals surface area contributed by atoms with Crippen LogP contribution in [0.2, 0.25) is 0 Å². The van der Waals surface area contributed by atoms with Crippen molar-refractivity contribution in [2.45, 2.75) is 25.8 Å². The van der Waals surface area contributed by atoms with Crippen LogP contribution in [-0.4, -0.2) is 11.5 Å². The standard InChI is InChI=1S/C8H11BrN2S/c1-5-7(9)12-8(11-5)6-3-2-4-10-6/h6,10H,2-4H2,1H3. The van der Waals surface area contributed by atoms with E-state index in [-0.39, 0.29) is 0 Å². The van der Waals surface area contributed by atoms with Gasteiger partial charge in [0.2, 0.25) is 0 Å². The Morgan fingerprint density at radius 3 is 3.00 bits per heavy atom. The third kappa shape index (κ3) is 1.56. The lowest BCUT2D eigenvalue weighted by atomic mass is 10.2. The second kappa shape index (κ2) is 3.44. The highest BCUT2D eigenvalue weighted by molar-refractivity contribution is 9.11. The Hall–Kier alpha value is 0.0700. The maximum absolute atomic E-state index is 4.50. The van der Waals surface area contributed by atoms with Crippen molar-refractivity contribution in [1.29, 1.82) is 0 Å². The molecule has 1 atom stereocenters. The Morgan fingerprint density at radius 1 is 1.67 bits per heavy atom. The fourth-order valence-electron chi connectivity index (χ4n) is 1.44. The molecule has 1 aliphatic heterocycles. The lowest BCUT2D eigenvalue weighted by molar-refractivity contribution is 0.641. The van der Waals surface area contributed by atoms with Crippen molar-refractivity contribution < 1.29 is 0 Å². The van der Waals surface area contributed by atoms with Crippen LogP contribution in [0, 0.1) is 6.92 Å². The highest BCUT2D eigenvalue weighted by atomic mass is 79.9. The number of thiazole rings is 1. The molecule has 1 saturated heterocycles. The molecule has 1 fully saturated rings. The summed E-state index contributed by atoms with van der Waals surface area (Å²) in [4.78, 5) is 4.50. The van der Waals surface area contributed by atoms with Gasteiger partial charge in [0.05, 0.1) is 15.5 Å². The fraction of sp³-hybridized carbons (Fsp3) is 0.625. The van der Waals surface area contributed by atoms with Gasteiger partial charge in [0, 0.05) is 0 Å². The van der Waals surface area contributed by atoms with Gasteiger partial charge in [-0.25, -0.2) is 4.98 Å². The summed E-state index contributed by atoms with van der Waals surface area (Å²) >= 11 is 5.25. The number of halogens is 1. The minimum atomic E-state index is 0.514. The number of nitrogens with zero attached hydrogens (tertiary/aromatic N) is 1. The highest BCUT2D eigenvalue weighted by Gasteiger charge is 2.19. The summed E-state index contributed by atoms with van der Waals surface area (Å²) in [5.41, 5.74) is 1.11. The largest absolute Gasteiger partial charge is 0.308 e. The number of aromatic nitrogens is 1. The molecule has 0 aliphatic carbocycles. The average molecular weight is 247 g/mol. The van der Waals surface area contributed by atoms with Gasteiger partial charge >= 0.3 is 0 Å². The zero-order chi connectivity index (χ0) is 8.55. The third-order valence-corrected chi connectivity index (χ3v) is 4.23. The van der Waals surface area contributed by atoms with E-state index in [1.807, 2.05) is 6.92 Å². The van der Waals surface area contributed by atoms with Crippen molar-refractivity contribution in [3.8, 4) is 0 Å². The second-order valence-corrected chi connectivity index (χ2v) is 5.41. The van der Waals surface area contributed by atoms with E-state index >= 15 is 0 Å². The average Bonchev–Trinajstić information content (AvgIpc) is 2.61. The molecule has 1 aromatic heterocycles. The van der Waals surface area contributed by atoms with E-state index in [2.05, 4.69) is 26.2 Å². The molecule has 2 nitrogen and oxygen atoms in total. The molecule has 1 N–H and O–H groups in total. The Labute approximate surface area is 84.5 Å². The van der Waals surface area contributed by atoms with E-state index in [1.54, 1.807) is 11.3 Å². The third-order valence-electron chi connectivity index (χ3n) is 2.11. The molecule has 4 heteroatoms. The van der Waals surface area contributed by atoms with Gasteiger partial charge in [-0.15, -0.1) is 11.3 Å². The molecule has 0 amide bonds. The molecule has 1 aliphatic rings. The van der Waals surface area contributed by atoms with Crippen molar-refractivity contribution in [3.05, 3.63) is 14.5 Å². The summed E-state index contributed by atoms with van der Waals surface area (Å²) in [6, 6.07) is 0.514. The molecule has 0 radical (unpaired) electrons. The van der Waals surface area contributed by atoms with E-state index in [0.717, 1.165) is 12.2 Å². The van der Waals surface area contributed by atoms with Gasteiger partial charge in [0.1, 0.15) is 5.01 Å². The monoisotopic (exact) mass is 246 g/mol. The number of rotatable bonds is 1. The molecule has 2 heterocycles. The first-order valence-electron chi connectivity index (χ1n) is 4.13. The smallest absolute Gasteiger partial charge is 0.111 e. The summed E-state index contributed by atoms with van der Waals surface area (Å²) in [6.45, 7) is 3.18. The maximum Gasteiger partial charge on any atom is 0.111 e. The molecule has 0 spiro atoms. The van der Waals surface area contributed by atoms with Crippen molar-refractivity contribution in [3.63, 3.8) is 0 Å². The first-order valence-corrected chi connectivity index (χ1v) is 5.74. The van der Waals surface area contributed by atoms with Crippen LogP contribution in [0.3, 0.4) is 0 Å². The molecule has 1 unspecified atom stereocenters. The van der Waals surface area contributed by atoms with Crippen LogP contribution in [0.5, 0.6) is 0 Å². The van der Waals surface area contributed by atoms with Crippen LogP contribution < -0.4 is 5.32 Å². The van der Waals surface area contributed by atoms with Crippen LogP contribution in [-0.2, 0) is 0 Å². The highest BCUT2D eigenvalue weighted by Crippen LogP contribution is 2.31. The molecule has 66 valence electrons. The van der Waals surface area contributed by atoms with Crippen molar-refractivity contribution in [1.82, 2.24) is 10.3 Å². The van der Waals surface area contributed by atoms with Crippen LogP contribution >= 0.6 is 27.3 Å². The summed E-state index contributed by atoms with van der Waals surface area (Å²) in [5.74, 6) is 0. The van der Waals surface area contributed by atoms with Crippen LogP contribution in [0.25, 0.3) is 0 Å². The molecule has 12 heavy (non-hydrogen) atoms. The van der Waals surface area contributed by atoms with Crippen molar-refractivity contribution in [2.24, 2.45) is 0 Å². The molecular formula is C8H11BrN2S. The molecule has 0 aromatic carbocycles. The van der Waals surface area contributed by atoms with Gasteiger partial charge in [-0.2, -0.15) is 0 Å². The molecule has 1 aromatic rings. The molecular weight excluding hydrogens is 236 g/mol. The van der Waals surface area contributed by atoms with E-state index in [4.69, 9.17) is 0 Å². The number of hydrogen-bond donors (Lipinski definition) is 1. The Morgan fingerprint density at radius 2 is 2.50 bits per heavy atom. The Kier molecular flexibility index (Phi) is 2.48. The van der Waals surface area contributed by atoms with Crippen LogP contribution in [0.15, 0.2) is 3.79 Å². The van der Waals surface area contributed by atoms with Gasteiger partial charge < -0.3 is 5.32 Å². The van der Waals surface area contributed by atoms with Gasteiger partial charge in [-0.1, -0.05) is 0 Å².